The molecule has 1 aliphatic rings. The molecule has 0 aromatic heterocycles. The first-order valence-corrected chi connectivity index (χ1v) is 6.93. The van der Waals surface area contributed by atoms with Crippen LogP contribution in [0.2, 0.25) is 0 Å². The second kappa shape index (κ2) is 7.02. The minimum Gasteiger partial charge on any atom is -0.395 e. The van der Waals surface area contributed by atoms with Gasteiger partial charge in [-0.25, -0.2) is 0 Å². The summed E-state index contributed by atoms with van der Waals surface area (Å²) in [6.45, 7) is 1.72. The van der Waals surface area contributed by atoms with Crippen LogP contribution < -0.4 is 10.2 Å². The van der Waals surface area contributed by atoms with E-state index in [1.54, 1.807) is 4.90 Å². The fraction of sp³-hybridized carbons (Fsp3) is 0.500. The van der Waals surface area contributed by atoms with Crippen molar-refractivity contribution < 1.29 is 10.0 Å². The number of nitrogens with one attached hydrogen (secondary N) is 1. The van der Waals surface area contributed by atoms with Crippen molar-refractivity contribution in [1.82, 2.24) is 5.32 Å². The zero-order chi connectivity index (χ0) is 15.2. The van der Waals surface area contributed by atoms with Gasteiger partial charge in [0.15, 0.2) is 0 Å². The number of nitro groups is 1. The quantitative estimate of drug-likeness (QED) is 0.599. The van der Waals surface area contributed by atoms with Gasteiger partial charge in [0.25, 0.3) is 5.69 Å². The van der Waals surface area contributed by atoms with E-state index < -0.39 is 4.92 Å². The summed E-state index contributed by atoms with van der Waals surface area (Å²) in [5.74, 6) is 0. The first kappa shape index (κ1) is 15.2. The maximum absolute atomic E-state index is 11.2. The van der Waals surface area contributed by atoms with Crippen molar-refractivity contribution in [2.45, 2.75) is 18.9 Å². The highest BCUT2D eigenvalue weighted by Gasteiger charge is 2.24. The lowest BCUT2D eigenvalue weighted by Crippen LogP contribution is -2.39. The SMILES string of the molecule is N#Cc1ccc([N+](=O)[O-])c(N(CCO)CC2CCCN2)c1. The molecule has 1 saturated heterocycles. The van der Waals surface area contributed by atoms with Crippen molar-refractivity contribution in [2.24, 2.45) is 0 Å². The van der Waals surface area contributed by atoms with Gasteiger partial charge in [0.2, 0.25) is 0 Å². The molecule has 1 unspecified atom stereocenters. The molecular weight excluding hydrogens is 272 g/mol. The summed E-state index contributed by atoms with van der Waals surface area (Å²) in [4.78, 5) is 12.5. The van der Waals surface area contributed by atoms with Gasteiger partial charge in [-0.1, -0.05) is 0 Å². The van der Waals surface area contributed by atoms with E-state index in [9.17, 15) is 15.2 Å². The van der Waals surface area contributed by atoms with Crippen molar-refractivity contribution in [3.05, 3.63) is 33.9 Å². The Kier molecular flexibility index (Phi) is 5.09. The lowest BCUT2D eigenvalue weighted by molar-refractivity contribution is -0.384. The molecule has 21 heavy (non-hydrogen) atoms. The van der Waals surface area contributed by atoms with Crippen LogP contribution in [0.1, 0.15) is 18.4 Å². The monoisotopic (exact) mass is 290 g/mol. The molecule has 0 saturated carbocycles. The highest BCUT2D eigenvalue weighted by Crippen LogP contribution is 2.29. The van der Waals surface area contributed by atoms with Crippen LogP contribution in [0.4, 0.5) is 11.4 Å². The molecule has 0 bridgehead atoms. The van der Waals surface area contributed by atoms with Gasteiger partial charge in [-0.3, -0.25) is 10.1 Å². The van der Waals surface area contributed by atoms with Crippen molar-refractivity contribution in [2.75, 3.05) is 31.1 Å². The number of aliphatic hydroxyl groups excluding tert-OH is 1. The van der Waals surface area contributed by atoms with Crippen LogP contribution in [-0.2, 0) is 0 Å². The van der Waals surface area contributed by atoms with Crippen LogP contribution in [0, 0.1) is 21.4 Å². The molecule has 0 radical (unpaired) electrons. The van der Waals surface area contributed by atoms with Gasteiger partial charge in [0.1, 0.15) is 5.69 Å². The minimum atomic E-state index is -0.455. The Hall–Kier alpha value is -2.17. The lowest BCUT2D eigenvalue weighted by atomic mass is 10.1. The summed E-state index contributed by atoms with van der Waals surface area (Å²) in [7, 11) is 0. The molecule has 1 aliphatic heterocycles. The molecule has 7 heteroatoms. The number of hydrogen-bond acceptors (Lipinski definition) is 6. The maximum Gasteiger partial charge on any atom is 0.292 e. The third kappa shape index (κ3) is 3.68. The third-order valence-electron chi connectivity index (χ3n) is 3.61. The standard InChI is InChI=1S/C14H18N4O3/c15-9-11-3-4-13(18(20)21)14(8-11)17(6-7-19)10-12-2-1-5-16-12/h3-4,8,12,16,19H,1-2,5-7,10H2. The summed E-state index contributed by atoms with van der Waals surface area (Å²) in [5.41, 5.74) is 0.722. The van der Waals surface area contributed by atoms with E-state index in [1.807, 2.05) is 6.07 Å². The van der Waals surface area contributed by atoms with E-state index in [0.717, 1.165) is 19.4 Å². The maximum atomic E-state index is 11.2. The Morgan fingerprint density at radius 2 is 2.38 bits per heavy atom. The number of aliphatic hydroxyl groups is 1. The van der Waals surface area contributed by atoms with Gasteiger partial charge in [-0.15, -0.1) is 0 Å². The zero-order valence-corrected chi connectivity index (χ0v) is 11.7. The molecule has 0 aliphatic carbocycles. The van der Waals surface area contributed by atoms with Crippen molar-refractivity contribution >= 4 is 11.4 Å². The largest absolute Gasteiger partial charge is 0.395 e. The Labute approximate surface area is 122 Å². The summed E-state index contributed by atoms with van der Waals surface area (Å²) < 4.78 is 0. The van der Waals surface area contributed by atoms with Crippen LogP contribution in [0.25, 0.3) is 0 Å². The molecule has 2 rings (SSSR count). The second-order valence-electron chi connectivity index (χ2n) is 5.04. The van der Waals surface area contributed by atoms with Crippen LogP contribution in [0.5, 0.6) is 0 Å². The summed E-state index contributed by atoms with van der Waals surface area (Å²) in [5, 5.41) is 32.7. The zero-order valence-electron chi connectivity index (χ0n) is 11.7. The first-order valence-electron chi connectivity index (χ1n) is 6.93. The van der Waals surface area contributed by atoms with Crippen LogP contribution in [-0.4, -0.2) is 42.3 Å². The Morgan fingerprint density at radius 3 is 2.95 bits per heavy atom. The number of nitro benzene ring substituents is 1. The van der Waals surface area contributed by atoms with Gasteiger partial charge < -0.3 is 15.3 Å². The summed E-state index contributed by atoms with van der Waals surface area (Å²) in [6, 6.07) is 6.55. The van der Waals surface area contributed by atoms with Gasteiger partial charge in [0, 0.05) is 25.2 Å². The number of rotatable bonds is 6. The minimum absolute atomic E-state index is 0.0413. The van der Waals surface area contributed by atoms with E-state index >= 15 is 0 Å². The fourth-order valence-electron chi connectivity index (χ4n) is 2.61. The number of nitriles is 1. The summed E-state index contributed by atoms with van der Waals surface area (Å²) >= 11 is 0. The fourth-order valence-corrected chi connectivity index (χ4v) is 2.61. The van der Waals surface area contributed by atoms with Crippen LogP contribution in [0.3, 0.4) is 0 Å². The van der Waals surface area contributed by atoms with E-state index in [0.29, 0.717) is 24.3 Å². The topological polar surface area (TPSA) is 102 Å². The van der Waals surface area contributed by atoms with E-state index in [1.165, 1.54) is 18.2 Å². The Balaban J connectivity index is 2.32. The van der Waals surface area contributed by atoms with E-state index in [2.05, 4.69) is 5.32 Å². The van der Waals surface area contributed by atoms with Crippen LogP contribution in [0.15, 0.2) is 18.2 Å². The van der Waals surface area contributed by atoms with E-state index in [4.69, 9.17) is 5.26 Å². The van der Waals surface area contributed by atoms with Gasteiger partial charge >= 0.3 is 0 Å². The smallest absolute Gasteiger partial charge is 0.292 e. The molecule has 7 nitrogen and oxygen atoms in total. The Bertz CT molecular complexity index is 550. The molecule has 1 heterocycles. The van der Waals surface area contributed by atoms with Crippen LogP contribution >= 0.6 is 0 Å². The predicted octanol–water partition coefficient (Wildman–Crippen LogP) is 1.02. The molecule has 1 atom stereocenters. The normalized spacial score (nSPS) is 17.4. The highest BCUT2D eigenvalue weighted by molar-refractivity contribution is 5.66. The molecule has 0 spiro atoms. The molecular formula is C14H18N4O3. The van der Waals surface area contributed by atoms with Crippen molar-refractivity contribution in [3.8, 4) is 6.07 Å². The average Bonchev–Trinajstić information content (AvgIpc) is 2.99. The summed E-state index contributed by atoms with van der Waals surface area (Å²) in [6.07, 6.45) is 2.09. The molecule has 0 amide bonds. The van der Waals surface area contributed by atoms with E-state index in [-0.39, 0.29) is 18.3 Å². The molecule has 112 valence electrons. The van der Waals surface area contributed by atoms with Gasteiger partial charge in [-0.2, -0.15) is 5.26 Å². The molecule has 1 aromatic rings. The molecule has 1 fully saturated rings. The number of nitrogens with zero attached hydrogens (tertiary/aromatic N) is 3. The highest BCUT2D eigenvalue weighted by atomic mass is 16.6. The number of hydrogen-bond donors (Lipinski definition) is 2. The molecule has 1 aromatic carbocycles. The number of benzene rings is 1. The molecule has 2 N–H and O–H groups in total. The average molecular weight is 290 g/mol. The van der Waals surface area contributed by atoms with Crippen molar-refractivity contribution in [1.29, 1.82) is 5.26 Å². The van der Waals surface area contributed by atoms with Gasteiger partial charge in [0.05, 0.1) is 23.2 Å². The van der Waals surface area contributed by atoms with Gasteiger partial charge in [-0.05, 0) is 31.5 Å². The third-order valence-corrected chi connectivity index (χ3v) is 3.61. The predicted molar refractivity (Wildman–Crippen MR) is 78.1 cm³/mol. The number of anilines is 1. The first-order chi connectivity index (χ1) is 10.2. The Morgan fingerprint density at radius 1 is 1.57 bits per heavy atom. The second-order valence-corrected chi connectivity index (χ2v) is 5.04. The van der Waals surface area contributed by atoms with Crippen molar-refractivity contribution in [3.63, 3.8) is 0 Å². The lowest BCUT2D eigenvalue weighted by Gasteiger charge is -2.27.